The van der Waals surface area contributed by atoms with Crippen LogP contribution in [0.15, 0.2) is 48.5 Å². The van der Waals surface area contributed by atoms with Gasteiger partial charge in [0.25, 0.3) is 11.8 Å². The van der Waals surface area contributed by atoms with E-state index in [9.17, 15) is 19.2 Å². The van der Waals surface area contributed by atoms with Crippen molar-refractivity contribution in [3.63, 3.8) is 0 Å². The molecule has 8 heteroatoms. The van der Waals surface area contributed by atoms with Crippen molar-refractivity contribution in [3.05, 3.63) is 59.7 Å². The second-order valence-electron chi connectivity index (χ2n) is 7.70. The van der Waals surface area contributed by atoms with Crippen LogP contribution in [-0.4, -0.2) is 51.1 Å². The summed E-state index contributed by atoms with van der Waals surface area (Å²) < 4.78 is 10.8. The fraction of sp³-hybridized carbons (Fsp3) is 0.333. The third-order valence-electron chi connectivity index (χ3n) is 6.32. The van der Waals surface area contributed by atoms with Gasteiger partial charge < -0.3 is 19.3 Å². The molecule has 0 unspecified atom stereocenters. The molecule has 166 valence electrons. The van der Waals surface area contributed by atoms with Crippen LogP contribution in [0.5, 0.6) is 0 Å². The lowest BCUT2D eigenvalue weighted by molar-refractivity contribution is -0.171. The highest BCUT2D eigenvalue weighted by Gasteiger charge is 2.79. The monoisotopic (exact) mass is 436 g/mol. The number of anilines is 2. The summed E-state index contributed by atoms with van der Waals surface area (Å²) in [5.74, 6) is -3.37. The Hall–Kier alpha value is -3.68. The van der Waals surface area contributed by atoms with Crippen molar-refractivity contribution in [1.29, 1.82) is 0 Å². The Morgan fingerprint density at radius 2 is 1.06 bits per heavy atom. The first kappa shape index (κ1) is 21.5. The van der Waals surface area contributed by atoms with E-state index in [1.54, 1.807) is 62.4 Å². The molecule has 2 aromatic rings. The van der Waals surface area contributed by atoms with Crippen LogP contribution < -0.4 is 9.80 Å². The van der Waals surface area contributed by atoms with Gasteiger partial charge in [-0.15, -0.1) is 0 Å². The van der Waals surface area contributed by atoms with Crippen LogP contribution >= 0.6 is 0 Å². The third-order valence-corrected chi connectivity index (χ3v) is 6.32. The van der Waals surface area contributed by atoms with Crippen LogP contribution in [0.25, 0.3) is 0 Å². The van der Waals surface area contributed by atoms with E-state index in [0.717, 1.165) is 0 Å². The van der Waals surface area contributed by atoms with Gasteiger partial charge in [0, 0.05) is 36.6 Å². The Kier molecular flexibility index (Phi) is 5.03. The summed E-state index contributed by atoms with van der Waals surface area (Å²) >= 11 is 0. The smallest absolute Gasteiger partial charge is 0.328 e. The second-order valence-corrected chi connectivity index (χ2v) is 7.70. The standard InChI is InChI=1S/C24H24N2O6/c1-5-31-21(29)23(15-11-7-9-13-17(15)25(3)19(23)27)24(22(30)32-6-2)16-12-8-10-14-18(16)26(4)20(24)28/h7-14H,5-6H2,1-4H3/t23-,24-/m0/s1. The Balaban J connectivity index is 2.21. The molecule has 0 aliphatic carbocycles. The van der Waals surface area contributed by atoms with Crippen molar-refractivity contribution in [2.75, 3.05) is 37.1 Å². The highest BCUT2D eigenvalue weighted by molar-refractivity contribution is 6.34. The molecule has 0 saturated heterocycles. The fourth-order valence-corrected chi connectivity index (χ4v) is 5.02. The van der Waals surface area contributed by atoms with Crippen molar-refractivity contribution in [2.24, 2.45) is 0 Å². The summed E-state index contributed by atoms with van der Waals surface area (Å²) in [6.07, 6.45) is 0. The number of rotatable bonds is 5. The Bertz CT molecular complexity index is 1060. The van der Waals surface area contributed by atoms with Crippen LogP contribution in [0.1, 0.15) is 25.0 Å². The average molecular weight is 436 g/mol. The minimum atomic E-state index is -2.28. The predicted octanol–water partition coefficient (Wildman–Crippen LogP) is 1.94. The Morgan fingerprint density at radius 3 is 1.41 bits per heavy atom. The number of para-hydroxylation sites is 2. The molecule has 32 heavy (non-hydrogen) atoms. The van der Waals surface area contributed by atoms with Gasteiger partial charge in [0.15, 0.2) is 0 Å². The maximum atomic E-state index is 14.0. The van der Waals surface area contributed by atoms with Crippen molar-refractivity contribution < 1.29 is 28.7 Å². The lowest BCUT2D eigenvalue weighted by Crippen LogP contribution is -2.67. The average Bonchev–Trinajstić information content (AvgIpc) is 3.16. The van der Waals surface area contributed by atoms with Gasteiger partial charge >= 0.3 is 11.9 Å². The minimum Gasteiger partial charge on any atom is -0.465 e. The fourth-order valence-electron chi connectivity index (χ4n) is 5.02. The number of likely N-dealkylation sites (N-methyl/N-ethyl adjacent to an activating group) is 2. The van der Waals surface area contributed by atoms with E-state index in [1.807, 2.05) is 0 Å². The van der Waals surface area contributed by atoms with Crippen molar-refractivity contribution in [1.82, 2.24) is 0 Å². The van der Waals surface area contributed by atoms with Crippen molar-refractivity contribution >= 4 is 35.1 Å². The zero-order valence-electron chi connectivity index (χ0n) is 18.4. The molecule has 2 aliphatic rings. The number of fused-ring (bicyclic) bond motifs is 2. The highest BCUT2D eigenvalue weighted by Crippen LogP contribution is 2.59. The molecule has 2 atom stereocenters. The van der Waals surface area contributed by atoms with E-state index in [1.165, 1.54) is 23.9 Å². The van der Waals surface area contributed by atoms with E-state index in [2.05, 4.69) is 0 Å². The summed E-state index contributed by atoms with van der Waals surface area (Å²) in [6, 6.07) is 13.3. The molecule has 2 heterocycles. The molecule has 0 N–H and O–H groups in total. The summed E-state index contributed by atoms with van der Waals surface area (Å²) in [5.41, 5.74) is -3.24. The zero-order valence-corrected chi connectivity index (χ0v) is 18.4. The third kappa shape index (κ3) is 2.32. The lowest BCUT2D eigenvalue weighted by atomic mass is 9.57. The molecule has 2 aromatic carbocycles. The second kappa shape index (κ2) is 7.47. The highest BCUT2D eigenvalue weighted by atomic mass is 16.5. The molecule has 0 bridgehead atoms. The summed E-state index contributed by atoms with van der Waals surface area (Å²) in [6.45, 7) is 3.14. The summed E-state index contributed by atoms with van der Waals surface area (Å²) in [4.78, 5) is 58.2. The van der Waals surface area contributed by atoms with E-state index < -0.39 is 34.6 Å². The number of nitrogens with zero attached hydrogens (tertiary/aromatic N) is 2. The largest absolute Gasteiger partial charge is 0.465 e. The number of benzene rings is 2. The number of amides is 2. The number of hydrogen-bond donors (Lipinski definition) is 0. The van der Waals surface area contributed by atoms with E-state index in [-0.39, 0.29) is 24.3 Å². The number of esters is 2. The van der Waals surface area contributed by atoms with Gasteiger partial charge in [0.2, 0.25) is 10.8 Å². The minimum absolute atomic E-state index is 0.0374. The first-order valence-corrected chi connectivity index (χ1v) is 10.4. The van der Waals surface area contributed by atoms with Gasteiger partial charge in [-0.2, -0.15) is 0 Å². The number of carbonyl (C=O) groups is 4. The van der Waals surface area contributed by atoms with Crippen LogP contribution in [0, 0.1) is 0 Å². The Morgan fingerprint density at radius 1 is 0.719 bits per heavy atom. The molecule has 0 saturated carbocycles. The SMILES string of the molecule is CCOC(=O)[C@@]1([C@]2(C(=O)OCC)C(=O)N(C)c3ccccc32)C(=O)N(C)c2ccccc21. The van der Waals surface area contributed by atoms with Crippen LogP contribution in [0.3, 0.4) is 0 Å². The maximum absolute atomic E-state index is 14.0. The number of ether oxygens (including phenoxy) is 2. The van der Waals surface area contributed by atoms with E-state index in [0.29, 0.717) is 11.4 Å². The van der Waals surface area contributed by atoms with Gasteiger partial charge in [-0.1, -0.05) is 36.4 Å². The topological polar surface area (TPSA) is 93.2 Å². The number of hydrogen-bond acceptors (Lipinski definition) is 6. The van der Waals surface area contributed by atoms with Crippen LogP contribution in [-0.2, 0) is 39.5 Å². The van der Waals surface area contributed by atoms with Crippen LogP contribution in [0.4, 0.5) is 11.4 Å². The van der Waals surface area contributed by atoms with Gasteiger partial charge in [0.05, 0.1) is 13.2 Å². The van der Waals surface area contributed by atoms with Gasteiger partial charge in [-0.25, -0.2) is 0 Å². The molecule has 0 radical (unpaired) electrons. The molecule has 2 amide bonds. The first-order valence-electron chi connectivity index (χ1n) is 10.4. The lowest BCUT2D eigenvalue weighted by Gasteiger charge is -2.39. The summed E-state index contributed by atoms with van der Waals surface area (Å²) in [5, 5.41) is 0. The molecule has 0 spiro atoms. The van der Waals surface area contributed by atoms with Crippen LogP contribution in [0.2, 0.25) is 0 Å². The van der Waals surface area contributed by atoms with Gasteiger partial charge in [-0.05, 0) is 26.0 Å². The first-order chi connectivity index (χ1) is 15.3. The van der Waals surface area contributed by atoms with Crippen molar-refractivity contribution in [3.8, 4) is 0 Å². The maximum Gasteiger partial charge on any atom is 0.328 e. The van der Waals surface area contributed by atoms with E-state index >= 15 is 0 Å². The molecular weight excluding hydrogens is 412 g/mol. The van der Waals surface area contributed by atoms with E-state index in [4.69, 9.17) is 9.47 Å². The normalized spacial score (nSPS) is 23.8. The Labute approximate surface area is 185 Å². The zero-order chi connectivity index (χ0) is 23.3. The molecule has 0 fully saturated rings. The quantitative estimate of drug-likeness (QED) is 0.525. The number of carbonyl (C=O) groups excluding carboxylic acids is 4. The molecule has 0 aromatic heterocycles. The van der Waals surface area contributed by atoms with Crippen molar-refractivity contribution in [2.45, 2.75) is 24.7 Å². The summed E-state index contributed by atoms with van der Waals surface area (Å²) in [7, 11) is 3.02. The molecule has 4 rings (SSSR count). The molecule has 8 nitrogen and oxygen atoms in total. The molecular formula is C24H24N2O6. The predicted molar refractivity (Wildman–Crippen MR) is 116 cm³/mol. The van der Waals surface area contributed by atoms with Gasteiger partial charge in [-0.3, -0.25) is 19.2 Å². The molecule has 2 aliphatic heterocycles. The van der Waals surface area contributed by atoms with Gasteiger partial charge in [0.1, 0.15) is 0 Å².